The number of carbonyl (C=O) groups is 1. The molecule has 3 aromatic rings. The first kappa shape index (κ1) is 18.3. The monoisotopic (exact) mass is 429 g/mol. The Balaban J connectivity index is 1.69. The van der Waals surface area contributed by atoms with Gasteiger partial charge < -0.3 is 5.32 Å². The van der Waals surface area contributed by atoms with Crippen LogP contribution in [-0.4, -0.2) is 31.4 Å². The van der Waals surface area contributed by atoms with E-state index in [9.17, 15) is 4.79 Å². The van der Waals surface area contributed by atoms with Crippen molar-refractivity contribution in [3.8, 4) is 11.4 Å². The number of pyridine rings is 1. The number of amides is 1. The van der Waals surface area contributed by atoms with Crippen LogP contribution >= 0.6 is 27.7 Å². The van der Waals surface area contributed by atoms with Gasteiger partial charge in [-0.1, -0.05) is 33.8 Å². The Kier molecular flexibility index (Phi) is 6.19. The second kappa shape index (κ2) is 8.77. The summed E-state index contributed by atoms with van der Waals surface area (Å²) >= 11 is 4.71. The third-order valence-corrected chi connectivity index (χ3v) is 4.92. The number of thioether (sulfide) groups is 1. The Morgan fingerprint density at radius 1 is 1.19 bits per heavy atom. The average molecular weight is 430 g/mol. The molecule has 1 N–H and O–H groups in total. The molecule has 0 aliphatic carbocycles. The fourth-order valence-corrected chi connectivity index (χ4v) is 3.28. The average Bonchev–Trinajstić information content (AvgIpc) is 3.06. The van der Waals surface area contributed by atoms with Gasteiger partial charge in [-0.15, -0.1) is 16.8 Å². The number of halogens is 1. The highest BCUT2D eigenvalue weighted by atomic mass is 79.9. The van der Waals surface area contributed by atoms with Crippen molar-refractivity contribution >= 4 is 39.3 Å². The van der Waals surface area contributed by atoms with E-state index in [1.54, 1.807) is 18.5 Å². The highest BCUT2D eigenvalue weighted by Crippen LogP contribution is 2.24. The molecule has 2 heterocycles. The van der Waals surface area contributed by atoms with E-state index in [1.165, 1.54) is 11.8 Å². The minimum atomic E-state index is -0.101. The predicted octanol–water partition coefficient (Wildman–Crippen LogP) is 4.02. The van der Waals surface area contributed by atoms with E-state index in [1.807, 2.05) is 41.0 Å². The molecule has 0 saturated heterocycles. The summed E-state index contributed by atoms with van der Waals surface area (Å²) in [5.74, 6) is 0.862. The van der Waals surface area contributed by atoms with E-state index in [2.05, 4.69) is 43.0 Å². The second-order valence-electron chi connectivity index (χ2n) is 5.29. The molecule has 2 aromatic heterocycles. The normalized spacial score (nSPS) is 10.5. The van der Waals surface area contributed by atoms with Gasteiger partial charge in [0.2, 0.25) is 5.91 Å². The van der Waals surface area contributed by atoms with Crippen LogP contribution in [0.15, 0.2) is 71.1 Å². The van der Waals surface area contributed by atoms with Crippen molar-refractivity contribution in [2.24, 2.45) is 0 Å². The van der Waals surface area contributed by atoms with Crippen molar-refractivity contribution in [1.29, 1.82) is 0 Å². The largest absolute Gasteiger partial charge is 0.325 e. The number of rotatable bonds is 7. The minimum absolute atomic E-state index is 0.101. The Morgan fingerprint density at radius 2 is 1.92 bits per heavy atom. The van der Waals surface area contributed by atoms with Gasteiger partial charge in [-0.2, -0.15) is 0 Å². The lowest BCUT2D eigenvalue weighted by Gasteiger charge is -2.08. The van der Waals surface area contributed by atoms with Gasteiger partial charge in [-0.3, -0.25) is 14.3 Å². The Bertz CT molecular complexity index is 896. The Hall–Kier alpha value is -2.45. The van der Waals surface area contributed by atoms with Crippen LogP contribution in [0, 0.1) is 0 Å². The van der Waals surface area contributed by atoms with Crippen LogP contribution in [0.5, 0.6) is 0 Å². The summed E-state index contributed by atoms with van der Waals surface area (Å²) in [5, 5.41) is 12.0. The van der Waals surface area contributed by atoms with Crippen molar-refractivity contribution in [3.63, 3.8) is 0 Å². The Morgan fingerprint density at radius 3 is 2.62 bits per heavy atom. The molecule has 6 nitrogen and oxygen atoms in total. The lowest BCUT2D eigenvalue weighted by Crippen LogP contribution is -2.14. The molecule has 132 valence electrons. The molecule has 0 fully saturated rings. The number of nitrogens with one attached hydrogen (secondary N) is 1. The van der Waals surface area contributed by atoms with Gasteiger partial charge in [0, 0.05) is 34.7 Å². The maximum atomic E-state index is 12.2. The van der Waals surface area contributed by atoms with Crippen LogP contribution in [0.2, 0.25) is 0 Å². The van der Waals surface area contributed by atoms with Crippen molar-refractivity contribution in [2.45, 2.75) is 11.7 Å². The number of hydrogen-bond acceptors (Lipinski definition) is 5. The van der Waals surface area contributed by atoms with E-state index in [0.29, 0.717) is 11.7 Å². The van der Waals surface area contributed by atoms with Crippen LogP contribution in [0.4, 0.5) is 5.69 Å². The molecule has 0 radical (unpaired) electrons. The number of nitrogens with zero attached hydrogens (tertiary/aromatic N) is 4. The zero-order valence-corrected chi connectivity index (χ0v) is 16.2. The quantitative estimate of drug-likeness (QED) is 0.453. The molecular formula is C18H16BrN5OS. The van der Waals surface area contributed by atoms with Gasteiger partial charge in [-0.25, -0.2) is 0 Å². The molecule has 0 aliphatic heterocycles. The smallest absolute Gasteiger partial charge is 0.234 e. The third kappa shape index (κ3) is 4.59. The number of aromatic nitrogens is 4. The molecule has 1 aromatic carbocycles. The van der Waals surface area contributed by atoms with Gasteiger partial charge in [0.25, 0.3) is 0 Å². The molecular weight excluding hydrogens is 414 g/mol. The summed E-state index contributed by atoms with van der Waals surface area (Å²) in [6, 6.07) is 11.2. The van der Waals surface area contributed by atoms with Crippen molar-refractivity contribution in [1.82, 2.24) is 19.7 Å². The standard InChI is InChI=1S/C18H16BrN5OS/c1-2-11-24-17(13-7-9-20-10-8-13)22-23-18(24)26-12-16(25)21-15-5-3-14(19)4-6-15/h2-10H,1,11-12H2,(H,21,25). The number of benzene rings is 1. The lowest BCUT2D eigenvalue weighted by molar-refractivity contribution is -0.113. The van der Waals surface area contributed by atoms with Gasteiger partial charge >= 0.3 is 0 Å². The van der Waals surface area contributed by atoms with Crippen LogP contribution in [0.25, 0.3) is 11.4 Å². The molecule has 0 bridgehead atoms. The number of carbonyl (C=O) groups excluding carboxylic acids is 1. The number of anilines is 1. The first-order valence-corrected chi connectivity index (χ1v) is 9.58. The zero-order chi connectivity index (χ0) is 18.4. The molecule has 3 rings (SSSR count). The first-order chi connectivity index (χ1) is 12.7. The third-order valence-electron chi connectivity index (χ3n) is 3.43. The van der Waals surface area contributed by atoms with Gasteiger partial charge in [0.1, 0.15) is 0 Å². The van der Waals surface area contributed by atoms with E-state index in [-0.39, 0.29) is 11.7 Å². The van der Waals surface area contributed by atoms with Crippen LogP contribution in [0.3, 0.4) is 0 Å². The fourth-order valence-electron chi connectivity index (χ4n) is 2.26. The van der Waals surface area contributed by atoms with E-state index < -0.39 is 0 Å². The minimum Gasteiger partial charge on any atom is -0.325 e. The maximum Gasteiger partial charge on any atom is 0.234 e. The van der Waals surface area contributed by atoms with E-state index >= 15 is 0 Å². The lowest BCUT2D eigenvalue weighted by atomic mass is 10.2. The van der Waals surface area contributed by atoms with Crippen LogP contribution < -0.4 is 5.32 Å². The Labute approximate surface area is 163 Å². The van der Waals surface area contributed by atoms with Crippen molar-refractivity contribution < 1.29 is 4.79 Å². The second-order valence-corrected chi connectivity index (χ2v) is 7.14. The van der Waals surface area contributed by atoms with Gasteiger partial charge in [0.05, 0.1) is 5.75 Å². The molecule has 0 unspecified atom stereocenters. The van der Waals surface area contributed by atoms with E-state index in [4.69, 9.17) is 0 Å². The van der Waals surface area contributed by atoms with Crippen molar-refractivity contribution in [3.05, 3.63) is 65.9 Å². The van der Waals surface area contributed by atoms with Gasteiger partial charge in [-0.05, 0) is 36.4 Å². The topological polar surface area (TPSA) is 72.7 Å². The fraction of sp³-hybridized carbons (Fsp3) is 0.111. The summed E-state index contributed by atoms with van der Waals surface area (Å²) in [6.07, 6.45) is 5.20. The summed E-state index contributed by atoms with van der Waals surface area (Å²) in [5.41, 5.74) is 1.67. The number of hydrogen-bond donors (Lipinski definition) is 1. The summed E-state index contributed by atoms with van der Waals surface area (Å²) in [4.78, 5) is 16.2. The van der Waals surface area contributed by atoms with Crippen LogP contribution in [-0.2, 0) is 11.3 Å². The molecule has 0 saturated carbocycles. The maximum absolute atomic E-state index is 12.2. The highest BCUT2D eigenvalue weighted by molar-refractivity contribution is 9.10. The molecule has 26 heavy (non-hydrogen) atoms. The SMILES string of the molecule is C=CCn1c(SCC(=O)Nc2ccc(Br)cc2)nnc1-c1ccncc1. The number of allylic oxidation sites excluding steroid dienone is 1. The predicted molar refractivity (Wildman–Crippen MR) is 107 cm³/mol. The summed E-state index contributed by atoms with van der Waals surface area (Å²) < 4.78 is 2.89. The summed E-state index contributed by atoms with van der Waals surface area (Å²) in [6.45, 7) is 4.35. The van der Waals surface area contributed by atoms with Gasteiger partial charge in [0.15, 0.2) is 11.0 Å². The van der Waals surface area contributed by atoms with Crippen LogP contribution in [0.1, 0.15) is 0 Å². The molecule has 0 aliphatic rings. The molecule has 0 spiro atoms. The molecule has 1 amide bonds. The molecule has 8 heteroatoms. The van der Waals surface area contributed by atoms with E-state index in [0.717, 1.165) is 21.5 Å². The first-order valence-electron chi connectivity index (χ1n) is 7.80. The molecule has 0 atom stereocenters. The highest BCUT2D eigenvalue weighted by Gasteiger charge is 2.15. The van der Waals surface area contributed by atoms with Crippen molar-refractivity contribution in [2.75, 3.05) is 11.1 Å². The summed E-state index contributed by atoms with van der Waals surface area (Å²) in [7, 11) is 0. The zero-order valence-electron chi connectivity index (χ0n) is 13.8.